The van der Waals surface area contributed by atoms with Gasteiger partial charge in [0.25, 0.3) is 5.91 Å². The number of nitrogens with zero attached hydrogens (tertiary/aromatic N) is 1. The van der Waals surface area contributed by atoms with Crippen LogP contribution in [0.1, 0.15) is 23.2 Å². The van der Waals surface area contributed by atoms with Crippen LogP contribution < -0.4 is 11.2 Å². The normalized spacial score (nSPS) is 18.5. The Balaban J connectivity index is 2.06. The van der Waals surface area contributed by atoms with Gasteiger partial charge in [0, 0.05) is 18.2 Å². The van der Waals surface area contributed by atoms with Crippen LogP contribution >= 0.6 is 0 Å². The van der Waals surface area contributed by atoms with E-state index in [4.69, 9.17) is 5.73 Å². The Bertz CT molecular complexity index is 485. The van der Waals surface area contributed by atoms with E-state index >= 15 is 0 Å². The van der Waals surface area contributed by atoms with Crippen molar-refractivity contribution in [3.8, 4) is 0 Å². The molecule has 3 N–H and O–H groups in total. The number of allylic oxidation sites excluding steroid dienone is 1. The van der Waals surface area contributed by atoms with Crippen LogP contribution in [0.15, 0.2) is 42.6 Å². The summed E-state index contributed by atoms with van der Waals surface area (Å²) in [6.07, 6.45) is 4.11. The predicted molar refractivity (Wildman–Crippen MR) is 72.0 cm³/mol. The van der Waals surface area contributed by atoms with Gasteiger partial charge in [-0.1, -0.05) is 18.2 Å². The van der Waals surface area contributed by atoms with Crippen LogP contribution in [-0.2, 0) is 4.79 Å². The molecule has 100 valence electrons. The molecule has 0 bridgehead atoms. The molecule has 0 saturated heterocycles. The number of benzene rings is 1. The molecule has 19 heavy (non-hydrogen) atoms. The number of hydrogen-bond donors (Lipinski definition) is 2. The summed E-state index contributed by atoms with van der Waals surface area (Å²) in [6, 6.07) is 8.88. The quantitative estimate of drug-likeness (QED) is 0.840. The molecular weight excluding hydrogens is 242 g/mol. The number of amides is 1. The maximum atomic E-state index is 12.0. The summed E-state index contributed by atoms with van der Waals surface area (Å²) >= 11 is 0. The van der Waals surface area contributed by atoms with Crippen molar-refractivity contribution in [2.75, 3.05) is 6.54 Å². The van der Waals surface area contributed by atoms with Crippen LogP contribution in [0.2, 0.25) is 0 Å². The average Bonchev–Trinajstić information content (AvgIpc) is 2.43. The topological polar surface area (TPSA) is 75.4 Å². The SMILES string of the molecule is NCCC1CC(=O)C=CN1NC(=O)c1ccccc1. The van der Waals surface area contributed by atoms with Gasteiger partial charge in [-0.3, -0.25) is 20.0 Å². The van der Waals surface area contributed by atoms with Crippen LogP contribution in [0.25, 0.3) is 0 Å². The van der Waals surface area contributed by atoms with Crippen molar-refractivity contribution in [3.05, 3.63) is 48.2 Å². The third-order valence-electron chi connectivity index (χ3n) is 3.02. The molecule has 1 aromatic carbocycles. The van der Waals surface area contributed by atoms with Crippen molar-refractivity contribution in [2.45, 2.75) is 18.9 Å². The van der Waals surface area contributed by atoms with Gasteiger partial charge in [-0.2, -0.15) is 0 Å². The summed E-state index contributed by atoms with van der Waals surface area (Å²) in [4.78, 5) is 23.4. The van der Waals surface area contributed by atoms with Gasteiger partial charge in [-0.25, -0.2) is 0 Å². The largest absolute Gasteiger partial charge is 0.330 e. The molecule has 1 amide bonds. The highest BCUT2D eigenvalue weighted by Gasteiger charge is 2.23. The van der Waals surface area contributed by atoms with E-state index < -0.39 is 0 Å². The number of carbonyl (C=O) groups is 2. The second-order valence-corrected chi connectivity index (χ2v) is 4.43. The highest BCUT2D eigenvalue weighted by molar-refractivity contribution is 5.94. The van der Waals surface area contributed by atoms with Gasteiger partial charge in [0.15, 0.2) is 5.78 Å². The van der Waals surface area contributed by atoms with Gasteiger partial charge in [0.2, 0.25) is 0 Å². The first kappa shape index (κ1) is 13.3. The van der Waals surface area contributed by atoms with Gasteiger partial charge in [-0.05, 0) is 31.2 Å². The average molecular weight is 259 g/mol. The zero-order valence-electron chi connectivity index (χ0n) is 10.6. The van der Waals surface area contributed by atoms with Crippen LogP contribution in [0.5, 0.6) is 0 Å². The number of hydrogen-bond acceptors (Lipinski definition) is 4. The molecule has 0 saturated carbocycles. The van der Waals surface area contributed by atoms with Crippen LogP contribution in [0.4, 0.5) is 0 Å². The van der Waals surface area contributed by atoms with Crippen molar-refractivity contribution < 1.29 is 9.59 Å². The Morgan fingerprint density at radius 3 is 2.79 bits per heavy atom. The Kier molecular flexibility index (Phi) is 4.30. The van der Waals surface area contributed by atoms with Gasteiger partial charge in [-0.15, -0.1) is 0 Å². The smallest absolute Gasteiger partial charge is 0.269 e. The highest BCUT2D eigenvalue weighted by Crippen LogP contribution is 2.13. The number of nitrogens with two attached hydrogens (primary N) is 1. The van der Waals surface area contributed by atoms with E-state index in [0.29, 0.717) is 24.9 Å². The fourth-order valence-corrected chi connectivity index (χ4v) is 2.02. The Morgan fingerprint density at radius 2 is 2.11 bits per heavy atom. The van der Waals surface area contributed by atoms with E-state index in [-0.39, 0.29) is 17.7 Å². The van der Waals surface area contributed by atoms with Crippen LogP contribution in [-0.4, -0.2) is 29.3 Å². The van der Waals surface area contributed by atoms with Crippen molar-refractivity contribution >= 4 is 11.7 Å². The number of nitrogens with one attached hydrogen (secondary N) is 1. The molecule has 5 nitrogen and oxygen atoms in total. The third kappa shape index (κ3) is 3.42. The zero-order chi connectivity index (χ0) is 13.7. The van der Waals surface area contributed by atoms with Gasteiger partial charge < -0.3 is 5.73 Å². The molecule has 1 atom stereocenters. The van der Waals surface area contributed by atoms with E-state index in [1.54, 1.807) is 23.3 Å². The van der Waals surface area contributed by atoms with Gasteiger partial charge >= 0.3 is 0 Å². The fraction of sp³-hybridized carbons (Fsp3) is 0.286. The summed E-state index contributed by atoms with van der Waals surface area (Å²) in [6.45, 7) is 0.476. The van der Waals surface area contributed by atoms with Crippen molar-refractivity contribution in [1.82, 2.24) is 10.4 Å². The minimum atomic E-state index is -0.193. The number of rotatable bonds is 4. The molecule has 1 aliphatic rings. The molecule has 5 heteroatoms. The molecule has 1 unspecified atom stereocenters. The van der Waals surface area contributed by atoms with Crippen molar-refractivity contribution in [1.29, 1.82) is 0 Å². The first-order valence-electron chi connectivity index (χ1n) is 6.26. The molecule has 1 aromatic rings. The lowest BCUT2D eigenvalue weighted by molar-refractivity contribution is -0.116. The third-order valence-corrected chi connectivity index (χ3v) is 3.02. The lowest BCUT2D eigenvalue weighted by atomic mass is 10.0. The van der Waals surface area contributed by atoms with Crippen molar-refractivity contribution in [2.24, 2.45) is 5.73 Å². The molecule has 1 aliphatic heterocycles. The summed E-state index contributed by atoms with van der Waals surface area (Å²) in [5, 5.41) is 1.67. The van der Waals surface area contributed by atoms with E-state index in [0.717, 1.165) is 0 Å². The molecule has 0 fully saturated rings. The number of ketones is 1. The highest BCUT2D eigenvalue weighted by atomic mass is 16.2. The summed E-state index contributed by atoms with van der Waals surface area (Å²) < 4.78 is 0. The standard InChI is InChI=1S/C14H17N3O2/c15-8-6-12-10-13(18)7-9-17(12)16-14(19)11-4-2-1-3-5-11/h1-5,7,9,12H,6,8,10,15H2,(H,16,19). The fourth-order valence-electron chi connectivity index (χ4n) is 2.02. The second kappa shape index (κ2) is 6.15. The maximum Gasteiger partial charge on any atom is 0.269 e. The minimum absolute atomic E-state index is 0.0589. The van der Waals surface area contributed by atoms with Gasteiger partial charge in [0.05, 0.1) is 6.04 Å². The molecule has 0 aromatic heterocycles. The maximum absolute atomic E-state index is 12.0. The summed E-state index contributed by atoms with van der Waals surface area (Å²) in [5.41, 5.74) is 8.91. The number of carbonyl (C=O) groups excluding carboxylic acids is 2. The predicted octanol–water partition coefficient (Wildman–Crippen LogP) is 0.837. The molecule has 2 rings (SSSR count). The molecule has 0 aliphatic carbocycles. The van der Waals surface area contributed by atoms with Crippen molar-refractivity contribution in [3.63, 3.8) is 0 Å². The molecular formula is C14H17N3O2. The van der Waals surface area contributed by atoms with Crippen LogP contribution in [0.3, 0.4) is 0 Å². The monoisotopic (exact) mass is 259 g/mol. The first-order chi connectivity index (χ1) is 9.20. The lowest BCUT2D eigenvalue weighted by Crippen LogP contribution is -2.48. The molecule has 0 radical (unpaired) electrons. The molecule has 1 heterocycles. The zero-order valence-corrected chi connectivity index (χ0v) is 10.6. The molecule has 0 spiro atoms. The Morgan fingerprint density at radius 1 is 1.37 bits per heavy atom. The van der Waals surface area contributed by atoms with E-state index in [2.05, 4.69) is 5.43 Å². The Hall–Kier alpha value is -2.14. The summed E-state index contributed by atoms with van der Waals surface area (Å²) in [7, 11) is 0. The second-order valence-electron chi connectivity index (χ2n) is 4.43. The minimum Gasteiger partial charge on any atom is -0.330 e. The number of hydrazine groups is 1. The van der Waals surface area contributed by atoms with E-state index in [1.807, 2.05) is 18.2 Å². The first-order valence-corrected chi connectivity index (χ1v) is 6.26. The van der Waals surface area contributed by atoms with Crippen LogP contribution in [0, 0.1) is 0 Å². The summed E-state index contributed by atoms with van der Waals surface area (Å²) in [5.74, 6) is -0.134. The Labute approximate surface area is 112 Å². The lowest BCUT2D eigenvalue weighted by Gasteiger charge is -2.32. The van der Waals surface area contributed by atoms with E-state index in [9.17, 15) is 9.59 Å². The van der Waals surface area contributed by atoms with E-state index in [1.165, 1.54) is 6.08 Å². The van der Waals surface area contributed by atoms with Gasteiger partial charge in [0.1, 0.15) is 0 Å².